The van der Waals surface area contributed by atoms with Crippen LogP contribution in [0.25, 0.3) is 0 Å². The third-order valence-electron chi connectivity index (χ3n) is 3.05. The molecule has 1 aliphatic heterocycles. The van der Waals surface area contributed by atoms with Crippen LogP contribution in [0, 0.1) is 17.0 Å². The van der Waals surface area contributed by atoms with Crippen LogP contribution >= 0.6 is 0 Å². The summed E-state index contributed by atoms with van der Waals surface area (Å²) in [5, 5.41) is 14.2. The van der Waals surface area contributed by atoms with Crippen molar-refractivity contribution in [1.82, 2.24) is 10.2 Å². The molecule has 1 aliphatic rings. The van der Waals surface area contributed by atoms with Crippen LogP contribution in [0.2, 0.25) is 0 Å². The first-order valence-electron chi connectivity index (χ1n) is 5.85. The molecule has 1 N–H and O–H groups in total. The van der Waals surface area contributed by atoms with E-state index in [0.29, 0.717) is 18.7 Å². The molecular weight excluding hydrogens is 234 g/mol. The minimum absolute atomic E-state index is 0.0824. The van der Waals surface area contributed by atoms with Gasteiger partial charge in [-0.05, 0) is 13.0 Å². The number of para-hydroxylation sites is 1. The summed E-state index contributed by atoms with van der Waals surface area (Å²) in [6.07, 6.45) is 0. The number of nitro benzene ring substituents is 1. The number of benzene rings is 1. The lowest BCUT2D eigenvalue weighted by Crippen LogP contribution is -2.46. The molecule has 1 aromatic rings. The fourth-order valence-electron chi connectivity index (χ4n) is 2.11. The molecule has 0 aromatic heterocycles. The SMILES string of the molecule is Cc1cccc(C(=O)N2CCNCC2)c1[N+](=O)[O-]. The van der Waals surface area contributed by atoms with Crippen molar-refractivity contribution < 1.29 is 9.72 Å². The number of piperazine rings is 1. The van der Waals surface area contributed by atoms with Crippen LogP contribution in [0.5, 0.6) is 0 Å². The molecule has 0 unspecified atom stereocenters. The largest absolute Gasteiger partial charge is 0.336 e. The number of carbonyl (C=O) groups excluding carboxylic acids is 1. The van der Waals surface area contributed by atoms with Gasteiger partial charge in [0.05, 0.1) is 4.92 Å². The van der Waals surface area contributed by atoms with Gasteiger partial charge in [0.15, 0.2) is 0 Å². The fraction of sp³-hybridized carbons (Fsp3) is 0.417. The summed E-state index contributed by atoms with van der Waals surface area (Å²) in [6, 6.07) is 4.85. The molecule has 0 saturated carbocycles. The third-order valence-corrected chi connectivity index (χ3v) is 3.05. The molecule has 6 heteroatoms. The van der Waals surface area contributed by atoms with Crippen molar-refractivity contribution in [2.45, 2.75) is 6.92 Å². The maximum absolute atomic E-state index is 12.3. The number of nitrogens with one attached hydrogen (secondary N) is 1. The molecule has 0 spiro atoms. The van der Waals surface area contributed by atoms with Gasteiger partial charge in [-0.2, -0.15) is 0 Å². The quantitative estimate of drug-likeness (QED) is 0.625. The smallest absolute Gasteiger partial charge is 0.285 e. The van der Waals surface area contributed by atoms with Gasteiger partial charge in [-0.25, -0.2) is 0 Å². The molecule has 1 amide bonds. The Morgan fingerprint density at radius 3 is 2.67 bits per heavy atom. The first kappa shape index (κ1) is 12.5. The van der Waals surface area contributed by atoms with Gasteiger partial charge < -0.3 is 10.2 Å². The molecule has 1 fully saturated rings. The van der Waals surface area contributed by atoms with E-state index < -0.39 is 4.92 Å². The molecule has 0 bridgehead atoms. The number of aryl methyl sites for hydroxylation is 1. The van der Waals surface area contributed by atoms with E-state index >= 15 is 0 Å². The number of carbonyl (C=O) groups is 1. The van der Waals surface area contributed by atoms with Crippen LogP contribution in [0.3, 0.4) is 0 Å². The molecule has 18 heavy (non-hydrogen) atoms. The van der Waals surface area contributed by atoms with E-state index in [0.717, 1.165) is 13.1 Å². The Bertz CT molecular complexity index is 481. The topological polar surface area (TPSA) is 75.5 Å². The van der Waals surface area contributed by atoms with Gasteiger partial charge in [0, 0.05) is 31.7 Å². The summed E-state index contributed by atoms with van der Waals surface area (Å²) in [7, 11) is 0. The summed E-state index contributed by atoms with van der Waals surface area (Å²) in [5.74, 6) is -0.257. The Kier molecular flexibility index (Phi) is 3.57. The average molecular weight is 249 g/mol. The van der Waals surface area contributed by atoms with E-state index in [2.05, 4.69) is 5.32 Å². The summed E-state index contributed by atoms with van der Waals surface area (Å²) < 4.78 is 0. The lowest BCUT2D eigenvalue weighted by atomic mass is 10.1. The zero-order valence-electron chi connectivity index (χ0n) is 10.2. The van der Waals surface area contributed by atoms with Crippen LogP contribution in [0.1, 0.15) is 15.9 Å². The van der Waals surface area contributed by atoms with Crippen molar-refractivity contribution in [3.05, 3.63) is 39.4 Å². The van der Waals surface area contributed by atoms with Crippen molar-refractivity contribution in [3.8, 4) is 0 Å². The number of nitrogens with zero attached hydrogens (tertiary/aromatic N) is 2. The molecular formula is C12H15N3O3. The summed E-state index contributed by atoms with van der Waals surface area (Å²) in [6.45, 7) is 4.28. The van der Waals surface area contributed by atoms with E-state index in [4.69, 9.17) is 0 Å². The number of rotatable bonds is 2. The van der Waals surface area contributed by atoms with Gasteiger partial charge in [0.1, 0.15) is 5.56 Å². The van der Waals surface area contributed by atoms with Crippen LogP contribution in [0.15, 0.2) is 18.2 Å². The van der Waals surface area contributed by atoms with Crippen LogP contribution < -0.4 is 5.32 Å². The maximum Gasteiger partial charge on any atom is 0.285 e. The highest BCUT2D eigenvalue weighted by Gasteiger charge is 2.26. The second kappa shape index (κ2) is 5.14. The van der Waals surface area contributed by atoms with Crippen LogP contribution in [0.4, 0.5) is 5.69 Å². The van der Waals surface area contributed by atoms with Gasteiger partial charge in [0.25, 0.3) is 11.6 Å². The van der Waals surface area contributed by atoms with Gasteiger partial charge in [-0.3, -0.25) is 14.9 Å². The normalized spacial score (nSPS) is 15.5. The Labute approximate surface area is 105 Å². The van der Waals surface area contributed by atoms with E-state index in [1.807, 2.05) is 0 Å². The maximum atomic E-state index is 12.3. The van der Waals surface area contributed by atoms with Crippen molar-refractivity contribution in [1.29, 1.82) is 0 Å². The lowest BCUT2D eigenvalue weighted by molar-refractivity contribution is -0.385. The number of hydrogen-bond acceptors (Lipinski definition) is 4. The fourth-order valence-corrected chi connectivity index (χ4v) is 2.11. The predicted octanol–water partition coefficient (Wildman–Crippen LogP) is 0.949. The Balaban J connectivity index is 2.35. The van der Waals surface area contributed by atoms with E-state index in [-0.39, 0.29) is 17.2 Å². The number of amides is 1. The van der Waals surface area contributed by atoms with Crippen molar-refractivity contribution in [3.63, 3.8) is 0 Å². The van der Waals surface area contributed by atoms with E-state index in [1.165, 1.54) is 6.07 Å². The van der Waals surface area contributed by atoms with Crippen molar-refractivity contribution in [2.75, 3.05) is 26.2 Å². The highest BCUT2D eigenvalue weighted by Crippen LogP contribution is 2.24. The van der Waals surface area contributed by atoms with E-state index in [9.17, 15) is 14.9 Å². The third kappa shape index (κ3) is 2.33. The van der Waals surface area contributed by atoms with Gasteiger partial charge in [0.2, 0.25) is 0 Å². The number of hydrogen-bond donors (Lipinski definition) is 1. The van der Waals surface area contributed by atoms with Crippen molar-refractivity contribution in [2.24, 2.45) is 0 Å². The predicted molar refractivity (Wildman–Crippen MR) is 66.6 cm³/mol. The molecule has 0 aliphatic carbocycles. The molecule has 1 aromatic carbocycles. The van der Waals surface area contributed by atoms with Crippen LogP contribution in [-0.4, -0.2) is 41.9 Å². The summed E-state index contributed by atoms with van der Waals surface area (Å²) in [5.41, 5.74) is 0.615. The highest BCUT2D eigenvalue weighted by molar-refractivity contribution is 5.98. The first-order valence-corrected chi connectivity index (χ1v) is 5.85. The second-order valence-corrected chi connectivity index (χ2v) is 4.27. The molecule has 96 valence electrons. The zero-order valence-corrected chi connectivity index (χ0v) is 10.2. The average Bonchev–Trinajstić information content (AvgIpc) is 2.38. The summed E-state index contributed by atoms with van der Waals surface area (Å²) >= 11 is 0. The van der Waals surface area contributed by atoms with Crippen molar-refractivity contribution >= 4 is 11.6 Å². The molecule has 0 radical (unpaired) electrons. The standard InChI is InChI=1S/C12H15N3O3/c1-9-3-2-4-10(11(9)15(17)18)12(16)14-7-5-13-6-8-14/h2-4,13H,5-8H2,1H3. The molecule has 0 atom stereocenters. The molecule has 1 saturated heterocycles. The Hall–Kier alpha value is -1.95. The van der Waals surface area contributed by atoms with Crippen LogP contribution in [-0.2, 0) is 0 Å². The molecule has 1 heterocycles. The molecule has 2 rings (SSSR count). The second-order valence-electron chi connectivity index (χ2n) is 4.27. The van der Waals surface area contributed by atoms with E-state index in [1.54, 1.807) is 24.0 Å². The summed E-state index contributed by atoms with van der Waals surface area (Å²) in [4.78, 5) is 24.5. The Morgan fingerprint density at radius 2 is 2.06 bits per heavy atom. The highest BCUT2D eigenvalue weighted by atomic mass is 16.6. The molecule has 6 nitrogen and oxygen atoms in total. The van der Waals surface area contributed by atoms with Gasteiger partial charge in [-0.1, -0.05) is 12.1 Å². The lowest BCUT2D eigenvalue weighted by Gasteiger charge is -2.27. The first-order chi connectivity index (χ1) is 8.61. The zero-order chi connectivity index (χ0) is 13.1. The van der Waals surface area contributed by atoms with Gasteiger partial charge in [-0.15, -0.1) is 0 Å². The minimum atomic E-state index is -0.481. The number of nitro groups is 1. The monoisotopic (exact) mass is 249 g/mol. The minimum Gasteiger partial charge on any atom is -0.336 e. The van der Waals surface area contributed by atoms with Gasteiger partial charge >= 0.3 is 0 Å². The Morgan fingerprint density at radius 1 is 1.39 bits per heavy atom.